The summed E-state index contributed by atoms with van der Waals surface area (Å²) in [5.41, 5.74) is 5.14. The lowest BCUT2D eigenvalue weighted by Gasteiger charge is -2.18. The fraction of sp³-hybridized carbons (Fsp3) is 0.333. The van der Waals surface area contributed by atoms with Gasteiger partial charge in [0.25, 0.3) is 0 Å². The summed E-state index contributed by atoms with van der Waals surface area (Å²) in [6.45, 7) is 4.26. The predicted octanol–water partition coefficient (Wildman–Crippen LogP) is 0.917. The molecule has 4 amide bonds. The summed E-state index contributed by atoms with van der Waals surface area (Å²) in [5.74, 6) is 0. The molecule has 0 aliphatic carbocycles. The minimum Gasteiger partial charge on any atom is -0.351 e. The van der Waals surface area contributed by atoms with E-state index in [4.69, 9.17) is 5.73 Å². The Labute approximate surface area is 123 Å². The van der Waals surface area contributed by atoms with Crippen LogP contribution in [0.5, 0.6) is 0 Å². The van der Waals surface area contributed by atoms with Crippen molar-refractivity contribution in [2.45, 2.75) is 18.7 Å². The maximum absolute atomic E-state index is 12.2. The Bertz CT molecular complexity index is 609. The van der Waals surface area contributed by atoms with Crippen molar-refractivity contribution in [2.24, 2.45) is 5.73 Å². The Morgan fingerprint density at radius 2 is 1.67 bits per heavy atom. The summed E-state index contributed by atoms with van der Waals surface area (Å²) in [5, 5.41) is 4.18. The van der Waals surface area contributed by atoms with E-state index in [0.29, 0.717) is 18.8 Å². The number of rotatable bonds is 5. The SMILES string of the molecule is CCN(CC)S(=O)(=O)c1ccc(NC(=O)NC(N)=O)cc1. The van der Waals surface area contributed by atoms with Crippen molar-refractivity contribution in [2.75, 3.05) is 18.4 Å². The molecule has 0 unspecified atom stereocenters. The fourth-order valence-corrected chi connectivity index (χ4v) is 3.16. The van der Waals surface area contributed by atoms with E-state index in [0.717, 1.165) is 0 Å². The van der Waals surface area contributed by atoms with Crippen LogP contribution in [0.2, 0.25) is 0 Å². The summed E-state index contributed by atoms with van der Waals surface area (Å²) in [7, 11) is -3.53. The van der Waals surface area contributed by atoms with Gasteiger partial charge in [-0.2, -0.15) is 4.31 Å². The second kappa shape index (κ2) is 7.04. The zero-order valence-corrected chi connectivity index (χ0v) is 12.6. The van der Waals surface area contributed by atoms with Crippen LogP contribution >= 0.6 is 0 Å². The third-order valence-electron chi connectivity index (χ3n) is 2.69. The van der Waals surface area contributed by atoms with Crippen LogP contribution in [0.15, 0.2) is 29.2 Å². The van der Waals surface area contributed by atoms with E-state index in [1.807, 2.05) is 5.32 Å². The van der Waals surface area contributed by atoms with Gasteiger partial charge in [0.05, 0.1) is 4.90 Å². The van der Waals surface area contributed by atoms with Crippen LogP contribution in [0.4, 0.5) is 15.3 Å². The Morgan fingerprint density at radius 1 is 1.14 bits per heavy atom. The first-order chi connectivity index (χ1) is 9.81. The number of primary amides is 1. The fourth-order valence-electron chi connectivity index (χ4n) is 1.70. The van der Waals surface area contributed by atoms with Gasteiger partial charge < -0.3 is 11.1 Å². The second-order valence-corrected chi connectivity index (χ2v) is 6.00. The van der Waals surface area contributed by atoms with Gasteiger partial charge in [-0.05, 0) is 24.3 Å². The second-order valence-electron chi connectivity index (χ2n) is 4.06. The van der Waals surface area contributed by atoms with Gasteiger partial charge in [0, 0.05) is 18.8 Å². The molecule has 1 aromatic rings. The minimum absolute atomic E-state index is 0.132. The molecule has 0 saturated heterocycles. The summed E-state index contributed by atoms with van der Waals surface area (Å²) in [6.07, 6.45) is 0. The Balaban J connectivity index is 2.88. The summed E-state index contributed by atoms with van der Waals surface area (Å²) in [6, 6.07) is 3.85. The maximum atomic E-state index is 12.2. The van der Waals surface area contributed by atoms with Gasteiger partial charge in [0.1, 0.15) is 0 Å². The van der Waals surface area contributed by atoms with Crippen molar-refractivity contribution in [3.05, 3.63) is 24.3 Å². The summed E-state index contributed by atoms with van der Waals surface area (Å²) in [4.78, 5) is 21.9. The largest absolute Gasteiger partial charge is 0.351 e. The number of imide groups is 1. The molecule has 0 spiro atoms. The lowest BCUT2D eigenvalue weighted by Crippen LogP contribution is -2.38. The number of amides is 4. The van der Waals surface area contributed by atoms with Crippen LogP contribution in [0.25, 0.3) is 0 Å². The standard InChI is InChI=1S/C12H18N4O4S/c1-3-16(4-2)21(19,20)10-7-5-9(6-8-10)14-12(18)15-11(13)17/h5-8H,3-4H2,1-2H3,(H4,13,14,15,17,18). The van der Waals surface area contributed by atoms with Crippen LogP contribution in [0.3, 0.4) is 0 Å². The monoisotopic (exact) mass is 314 g/mol. The van der Waals surface area contributed by atoms with E-state index in [1.165, 1.54) is 28.6 Å². The molecule has 0 heterocycles. The molecule has 116 valence electrons. The predicted molar refractivity (Wildman–Crippen MR) is 78.3 cm³/mol. The highest BCUT2D eigenvalue weighted by Crippen LogP contribution is 2.18. The quantitative estimate of drug-likeness (QED) is 0.748. The van der Waals surface area contributed by atoms with Gasteiger partial charge in [0.2, 0.25) is 10.0 Å². The van der Waals surface area contributed by atoms with Crippen molar-refractivity contribution in [1.29, 1.82) is 0 Å². The number of carbonyl (C=O) groups is 2. The number of hydrogen-bond acceptors (Lipinski definition) is 4. The number of carbonyl (C=O) groups excluding carboxylic acids is 2. The number of urea groups is 2. The number of nitrogens with two attached hydrogens (primary N) is 1. The molecule has 1 rings (SSSR count). The van der Waals surface area contributed by atoms with Crippen molar-refractivity contribution in [1.82, 2.24) is 9.62 Å². The lowest BCUT2D eigenvalue weighted by molar-refractivity contribution is 0.238. The van der Waals surface area contributed by atoms with E-state index < -0.39 is 22.1 Å². The molecule has 0 radical (unpaired) electrons. The van der Waals surface area contributed by atoms with Crippen molar-refractivity contribution in [3.63, 3.8) is 0 Å². The normalized spacial score (nSPS) is 11.2. The molecule has 0 atom stereocenters. The molecule has 0 aliphatic rings. The highest BCUT2D eigenvalue weighted by atomic mass is 32.2. The average molecular weight is 314 g/mol. The molecule has 0 aromatic heterocycles. The van der Waals surface area contributed by atoms with Crippen molar-refractivity contribution >= 4 is 27.8 Å². The molecule has 0 bridgehead atoms. The maximum Gasteiger partial charge on any atom is 0.327 e. The van der Waals surface area contributed by atoms with E-state index in [2.05, 4.69) is 5.32 Å². The van der Waals surface area contributed by atoms with Gasteiger partial charge in [-0.3, -0.25) is 5.32 Å². The number of benzene rings is 1. The number of anilines is 1. The first-order valence-electron chi connectivity index (χ1n) is 6.28. The summed E-state index contributed by atoms with van der Waals surface area (Å²) < 4.78 is 25.8. The molecule has 4 N–H and O–H groups in total. The van der Waals surface area contributed by atoms with Crippen LogP contribution in [-0.4, -0.2) is 37.9 Å². The summed E-state index contributed by atoms with van der Waals surface area (Å²) >= 11 is 0. The zero-order valence-electron chi connectivity index (χ0n) is 11.8. The molecule has 9 heteroatoms. The molecule has 0 saturated carbocycles. The lowest BCUT2D eigenvalue weighted by atomic mass is 10.3. The molecular weight excluding hydrogens is 296 g/mol. The average Bonchev–Trinajstić information content (AvgIpc) is 2.39. The third kappa shape index (κ3) is 4.43. The van der Waals surface area contributed by atoms with Gasteiger partial charge >= 0.3 is 12.1 Å². The van der Waals surface area contributed by atoms with Crippen LogP contribution < -0.4 is 16.4 Å². The number of sulfonamides is 1. The van der Waals surface area contributed by atoms with Crippen molar-refractivity contribution in [3.8, 4) is 0 Å². The van der Waals surface area contributed by atoms with Crippen LogP contribution in [0, 0.1) is 0 Å². The highest BCUT2D eigenvalue weighted by Gasteiger charge is 2.21. The highest BCUT2D eigenvalue weighted by molar-refractivity contribution is 7.89. The van der Waals surface area contributed by atoms with Crippen LogP contribution in [0.1, 0.15) is 13.8 Å². The van der Waals surface area contributed by atoms with Gasteiger partial charge in [-0.15, -0.1) is 0 Å². The molecular formula is C12H18N4O4S. The number of nitrogens with zero attached hydrogens (tertiary/aromatic N) is 1. The van der Waals surface area contributed by atoms with Crippen molar-refractivity contribution < 1.29 is 18.0 Å². The third-order valence-corrected chi connectivity index (χ3v) is 4.76. The Hall–Kier alpha value is -2.13. The molecule has 0 fully saturated rings. The first-order valence-corrected chi connectivity index (χ1v) is 7.73. The van der Waals surface area contributed by atoms with E-state index >= 15 is 0 Å². The smallest absolute Gasteiger partial charge is 0.327 e. The molecule has 0 aliphatic heterocycles. The first kappa shape index (κ1) is 16.9. The zero-order chi connectivity index (χ0) is 16.0. The molecule has 1 aromatic carbocycles. The number of hydrogen-bond donors (Lipinski definition) is 3. The minimum atomic E-state index is -3.53. The van der Waals surface area contributed by atoms with E-state index in [-0.39, 0.29) is 4.90 Å². The topological polar surface area (TPSA) is 122 Å². The van der Waals surface area contributed by atoms with Gasteiger partial charge in [-0.1, -0.05) is 13.8 Å². The number of nitrogens with one attached hydrogen (secondary N) is 2. The Morgan fingerprint density at radius 3 is 2.10 bits per heavy atom. The Kier molecular flexibility index (Phi) is 5.68. The van der Waals surface area contributed by atoms with Gasteiger partial charge in [-0.25, -0.2) is 18.0 Å². The van der Waals surface area contributed by atoms with E-state index in [1.54, 1.807) is 13.8 Å². The molecule has 21 heavy (non-hydrogen) atoms. The van der Waals surface area contributed by atoms with Gasteiger partial charge in [0.15, 0.2) is 0 Å². The van der Waals surface area contributed by atoms with E-state index in [9.17, 15) is 18.0 Å². The molecule has 8 nitrogen and oxygen atoms in total. The van der Waals surface area contributed by atoms with Crippen LogP contribution in [-0.2, 0) is 10.0 Å².